The second kappa shape index (κ2) is 9.02. The Bertz CT molecular complexity index is 854. The summed E-state index contributed by atoms with van der Waals surface area (Å²) in [5.74, 6) is 0.0731. The topological polar surface area (TPSA) is 75.7 Å². The van der Waals surface area contributed by atoms with Gasteiger partial charge in [-0.05, 0) is 36.2 Å². The SMILES string of the molecule is COc1ccccc1NC(=O)CN(CCc1ccc(Cl)cc1)S(C)(=O)=O. The smallest absolute Gasteiger partial charge is 0.239 e. The molecule has 140 valence electrons. The van der Waals surface area contributed by atoms with Gasteiger partial charge in [0, 0.05) is 11.6 Å². The molecule has 0 heterocycles. The van der Waals surface area contributed by atoms with E-state index in [4.69, 9.17) is 16.3 Å². The zero-order valence-corrected chi connectivity index (χ0v) is 16.2. The van der Waals surface area contributed by atoms with Crippen LogP contribution < -0.4 is 10.1 Å². The highest BCUT2D eigenvalue weighted by atomic mass is 35.5. The fraction of sp³-hybridized carbons (Fsp3) is 0.278. The van der Waals surface area contributed by atoms with Crippen LogP contribution in [0.25, 0.3) is 0 Å². The van der Waals surface area contributed by atoms with Gasteiger partial charge in [0.25, 0.3) is 0 Å². The summed E-state index contributed by atoms with van der Waals surface area (Å²) < 4.78 is 30.4. The van der Waals surface area contributed by atoms with Gasteiger partial charge in [0.2, 0.25) is 15.9 Å². The first-order valence-electron chi connectivity index (χ1n) is 7.92. The quantitative estimate of drug-likeness (QED) is 0.744. The average Bonchev–Trinajstić information content (AvgIpc) is 2.59. The molecule has 1 N–H and O–H groups in total. The summed E-state index contributed by atoms with van der Waals surface area (Å²) in [7, 11) is -2.03. The van der Waals surface area contributed by atoms with Crippen LogP contribution in [0.4, 0.5) is 5.69 Å². The van der Waals surface area contributed by atoms with Gasteiger partial charge in [-0.15, -0.1) is 0 Å². The molecule has 0 aliphatic carbocycles. The molecule has 0 aliphatic heterocycles. The summed E-state index contributed by atoms with van der Waals surface area (Å²) in [5.41, 5.74) is 1.43. The molecule has 0 atom stereocenters. The number of hydrogen-bond acceptors (Lipinski definition) is 4. The molecule has 2 rings (SSSR count). The summed E-state index contributed by atoms with van der Waals surface area (Å²) in [5, 5.41) is 3.30. The number of ether oxygens (including phenoxy) is 1. The Labute approximate surface area is 158 Å². The van der Waals surface area contributed by atoms with E-state index in [0.717, 1.165) is 16.1 Å². The summed E-state index contributed by atoms with van der Waals surface area (Å²) in [4.78, 5) is 12.3. The van der Waals surface area contributed by atoms with Crippen LogP contribution in [0.3, 0.4) is 0 Å². The Balaban J connectivity index is 2.03. The predicted octanol–water partition coefficient (Wildman–Crippen LogP) is 2.79. The Kier molecular flexibility index (Phi) is 7.02. The van der Waals surface area contributed by atoms with Gasteiger partial charge in [0.15, 0.2) is 0 Å². The van der Waals surface area contributed by atoms with Crippen LogP contribution in [0, 0.1) is 0 Å². The van der Waals surface area contributed by atoms with Crippen molar-refractivity contribution in [2.24, 2.45) is 0 Å². The molecule has 0 fully saturated rings. The molecule has 1 amide bonds. The van der Waals surface area contributed by atoms with Crippen molar-refractivity contribution in [1.29, 1.82) is 0 Å². The number of anilines is 1. The molecule has 0 saturated carbocycles. The molecular weight excluding hydrogens is 376 g/mol. The lowest BCUT2D eigenvalue weighted by Gasteiger charge is -2.20. The highest BCUT2D eigenvalue weighted by molar-refractivity contribution is 7.88. The number of nitrogens with one attached hydrogen (secondary N) is 1. The van der Waals surface area contributed by atoms with Gasteiger partial charge in [0.05, 0.1) is 25.6 Å². The number of halogens is 1. The fourth-order valence-corrected chi connectivity index (χ4v) is 3.27. The van der Waals surface area contributed by atoms with Gasteiger partial charge in [-0.3, -0.25) is 4.79 Å². The van der Waals surface area contributed by atoms with Gasteiger partial charge < -0.3 is 10.1 Å². The van der Waals surface area contributed by atoms with E-state index in [0.29, 0.717) is 22.9 Å². The molecule has 0 radical (unpaired) electrons. The number of para-hydroxylation sites is 2. The lowest BCUT2D eigenvalue weighted by molar-refractivity contribution is -0.116. The molecule has 0 aromatic heterocycles. The van der Waals surface area contributed by atoms with E-state index in [9.17, 15) is 13.2 Å². The van der Waals surface area contributed by atoms with Gasteiger partial charge in [0.1, 0.15) is 5.75 Å². The Morgan fingerprint density at radius 1 is 1.15 bits per heavy atom. The molecule has 6 nitrogen and oxygen atoms in total. The summed E-state index contributed by atoms with van der Waals surface area (Å²) in [6.45, 7) is -0.0791. The second-order valence-corrected chi connectivity index (χ2v) is 8.14. The van der Waals surface area contributed by atoms with Crippen molar-refractivity contribution < 1.29 is 17.9 Å². The first-order chi connectivity index (χ1) is 12.3. The van der Waals surface area contributed by atoms with Crippen LogP contribution in [0.15, 0.2) is 48.5 Å². The van der Waals surface area contributed by atoms with Crippen LogP contribution in [0.2, 0.25) is 5.02 Å². The first kappa shape index (κ1) is 20.2. The van der Waals surface area contributed by atoms with Crippen molar-refractivity contribution in [3.63, 3.8) is 0 Å². The zero-order valence-electron chi connectivity index (χ0n) is 14.6. The number of methoxy groups -OCH3 is 1. The van der Waals surface area contributed by atoms with Crippen LogP contribution in [0.1, 0.15) is 5.56 Å². The second-order valence-electron chi connectivity index (χ2n) is 5.72. The monoisotopic (exact) mass is 396 g/mol. The molecular formula is C18H21ClN2O4S. The standard InChI is InChI=1S/C18H21ClN2O4S/c1-25-17-6-4-3-5-16(17)20-18(22)13-21(26(2,23)24)12-11-14-7-9-15(19)10-8-14/h3-10H,11-13H2,1-2H3,(H,20,22). The van der Waals surface area contributed by atoms with E-state index >= 15 is 0 Å². The third-order valence-corrected chi connectivity index (χ3v) is 5.23. The predicted molar refractivity (Wildman–Crippen MR) is 103 cm³/mol. The normalized spacial score (nSPS) is 11.4. The van der Waals surface area contributed by atoms with Crippen LogP contribution >= 0.6 is 11.6 Å². The number of nitrogens with zero attached hydrogens (tertiary/aromatic N) is 1. The minimum absolute atomic E-state index is 0.194. The van der Waals surface area contributed by atoms with E-state index in [1.165, 1.54) is 7.11 Å². The van der Waals surface area contributed by atoms with Crippen LogP contribution in [0.5, 0.6) is 5.75 Å². The van der Waals surface area contributed by atoms with Gasteiger partial charge in [-0.25, -0.2) is 8.42 Å². The molecule has 2 aromatic rings. The molecule has 0 spiro atoms. The number of hydrogen-bond donors (Lipinski definition) is 1. The number of amides is 1. The molecule has 8 heteroatoms. The van der Waals surface area contributed by atoms with Gasteiger partial charge in [-0.1, -0.05) is 35.9 Å². The zero-order chi connectivity index (χ0) is 19.2. The van der Waals surface area contributed by atoms with E-state index in [1.54, 1.807) is 36.4 Å². The maximum Gasteiger partial charge on any atom is 0.239 e. The average molecular weight is 397 g/mol. The lowest BCUT2D eigenvalue weighted by Crippen LogP contribution is -2.38. The van der Waals surface area contributed by atoms with Crippen molar-refractivity contribution in [2.75, 3.05) is 31.8 Å². The number of carbonyl (C=O) groups is 1. The van der Waals surface area contributed by atoms with Crippen LogP contribution in [-0.2, 0) is 21.2 Å². The molecule has 0 unspecified atom stereocenters. The number of rotatable bonds is 8. The van der Waals surface area contributed by atoms with Crippen LogP contribution in [-0.4, -0.2) is 45.1 Å². The van der Waals surface area contributed by atoms with E-state index < -0.39 is 15.9 Å². The molecule has 0 bridgehead atoms. The number of sulfonamides is 1. The largest absolute Gasteiger partial charge is 0.495 e. The lowest BCUT2D eigenvalue weighted by atomic mass is 10.1. The highest BCUT2D eigenvalue weighted by Crippen LogP contribution is 2.23. The van der Waals surface area contributed by atoms with E-state index in [2.05, 4.69) is 5.32 Å². The molecule has 0 saturated heterocycles. The minimum atomic E-state index is -3.53. The van der Waals surface area contributed by atoms with Gasteiger partial charge in [-0.2, -0.15) is 4.31 Å². The molecule has 0 aliphatic rings. The van der Waals surface area contributed by atoms with Crippen molar-refractivity contribution >= 4 is 33.2 Å². The van der Waals surface area contributed by atoms with Crippen molar-refractivity contribution in [2.45, 2.75) is 6.42 Å². The van der Waals surface area contributed by atoms with E-state index in [1.807, 2.05) is 12.1 Å². The summed E-state index contributed by atoms with van der Waals surface area (Å²) in [6.07, 6.45) is 1.57. The Morgan fingerprint density at radius 3 is 2.42 bits per heavy atom. The molecule has 26 heavy (non-hydrogen) atoms. The summed E-state index contributed by atoms with van der Waals surface area (Å²) in [6, 6.07) is 14.1. The van der Waals surface area contributed by atoms with E-state index in [-0.39, 0.29) is 13.1 Å². The third-order valence-electron chi connectivity index (χ3n) is 3.73. The first-order valence-corrected chi connectivity index (χ1v) is 10.1. The molecule has 2 aromatic carbocycles. The Morgan fingerprint density at radius 2 is 1.81 bits per heavy atom. The third kappa shape index (κ3) is 6.01. The Hall–Kier alpha value is -2.09. The van der Waals surface area contributed by atoms with Crippen molar-refractivity contribution in [3.8, 4) is 5.75 Å². The maximum absolute atomic E-state index is 12.3. The summed E-state index contributed by atoms with van der Waals surface area (Å²) >= 11 is 5.85. The fourth-order valence-electron chi connectivity index (χ4n) is 2.36. The minimum Gasteiger partial charge on any atom is -0.495 e. The van der Waals surface area contributed by atoms with Crippen molar-refractivity contribution in [1.82, 2.24) is 4.31 Å². The number of benzene rings is 2. The van der Waals surface area contributed by atoms with Crippen molar-refractivity contribution in [3.05, 3.63) is 59.1 Å². The van der Waals surface area contributed by atoms with Gasteiger partial charge >= 0.3 is 0 Å². The maximum atomic E-state index is 12.3. The number of carbonyl (C=O) groups excluding carboxylic acids is 1. The highest BCUT2D eigenvalue weighted by Gasteiger charge is 2.20.